The molecule has 0 saturated heterocycles. The van der Waals surface area contributed by atoms with E-state index >= 15 is 0 Å². The van der Waals surface area contributed by atoms with Crippen LogP contribution in [-0.2, 0) is 0 Å². The van der Waals surface area contributed by atoms with Gasteiger partial charge < -0.3 is 0 Å². The molecule has 3 atom stereocenters. The zero-order chi connectivity index (χ0) is 8.89. The summed E-state index contributed by atoms with van der Waals surface area (Å²) in [6.45, 7) is 0. The molecule has 1 heteroatoms. The molecular weight excluding hydrogens is 224 g/mol. The molecule has 3 aliphatic rings. The molecule has 0 amide bonds. The third-order valence-electron chi connectivity index (χ3n) is 4.70. The average molecular weight is 241 g/mol. The van der Waals surface area contributed by atoms with Crippen LogP contribution in [0.4, 0.5) is 0 Å². The molecule has 2 saturated carbocycles. The fraction of sp³-hybridized carbons (Fsp3) is 0.833. The quantitative estimate of drug-likeness (QED) is 0.594. The molecule has 0 radical (unpaired) electrons. The fourth-order valence-corrected chi connectivity index (χ4v) is 4.97. The van der Waals surface area contributed by atoms with Gasteiger partial charge in [-0.1, -0.05) is 34.8 Å². The smallest absolute Gasteiger partial charge is 0.00804 e. The van der Waals surface area contributed by atoms with Gasteiger partial charge in [-0.15, -0.1) is 0 Å². The van der Waals surface area contributed by atoms with Gasteiger partial charge in [0.15, 0.2) is 0 Å². The van der Waals surface area contributed by atoms with Crippen LogP contribution in [0.25, 0.3) is 0 Å². The molecule has 0 aromatic rings. The maximum absolute atomic E-state index is 3.71. The van der Waals surface area contributed by atoms with Crippen LogP contribution < -0.4 is 0 Å². The minimum Gasteiger partial charge on any atom is -0.0707 e. The molecule has 0 N–H and O–H groups in total. The van der Waals surface area contributed by atoms with Crippen molar-refractivity contribution in [2.45, 2.75) is 44.9 Å². The Morgan fingerprint density at radius 3 is 3.08 bits per heavy atom. The molecule has 0 aliphatic heterocycles. The van der Waals surface area contributed by atoms with E-state index in [4.69, 9.17) is 0 Å². The summed E-state index contributed by atoms with van der Waals surface area (Å²) in [5.41, 5.74) is 0.733. The summed E-state index contributed by atoms with van der Waals surface area (Å²) in [5, 5.41) is 0. The summed E-state index contributed by atoms with van der Waals surface area (Å²) in [6, 6.07) is 0. The molecular formula is C12H17Br. The molecule has 3 rings (SSSR count). The van der Waals surface area contributed by atoms with Gasteiger partial charge >= 0.3 is 0 Å². The van der Waals surface area contributed by atoms with E-state index in [0.29, 0.717) is 0 Å². The van der Waals surface area contributed by atoms with Crippen LogP contribution in [0.3, 0.4) is 0 Å². The fourth-order valence-electron chi connectivity index (χ4n) is 4.13. The van der Waals surface area contributed by atoms with Crippen molar-refractivity contribution in [3.63, 3.8) is 0 Å². The molecule has 0 aromatic carbocycles. The van der Waals surface area contributed by atoms with E-state index in [-0.39, 0.29) is 0 Å². The number of hydrogen-bond donors (Lipinski definition) is 0. The van der Waals surface area contributed by atoms with Crippen molar-refractivity contribution in [3.05, 3.63) is 10.6 Å². The number of halogens is 1. The van der Waals surface area contributed by atoms with Gasteiger partial charge in [0.1, 0.15) is 0 Å². The third-order valence-corrected chi connectivity index (χ3v) is 5.25. The zero-order valence-corrected chi connectivity index (χ0v) is 9.65. The van der Waals surface area contributed by atoms with Crippen LogP contribution in [-0.4, -0.2) is 0 Å². The van der Waals surface area contributed by atoms with E-state index in [1.54, 1.807) is 0 Å². The summed E-state index contributed by atoms with van der Waals surface area (Å²) >= 11 is 3.71. The van der Waals surface area contributed by atoms with Crippen LogP contribution >= 0.6 is 15.9 Å². The average Bonchev–Trinajstić information content (AvgIpc) is 2.57. The predicted molar refractivity (Wildman–Crippen MR) is 58.7 cm³/mol. The van der Waals surface area contributed by atoms with Crippen molar-refractivity contribution in [2.24, 2.45) is 17.3 Å². The summed E-state index contributed by atoms with van der Waals surface area (Å²) in [6.07, 6.45) is 12.9. The highest BCUT2D eigenvalue weighted by Crippen LogP contribution is 2.63. The topological polar surface area (TPSA) is 0 Å². The van der Waals surface area contributed by atoms with Crippen molar-refractivity contribution in [2.75, 3.05) is 0 Å². The van der Waals surface area contributed by atoms with Crippen molar-refractivity contribution < 1.29 is 0 Å². The van der Waals surface area contributed by atoms with Gasteiger partial charge in [-0.3, -0.25) is 0 Å². The molecule has 13 heavy (non-hydrogen) atoms. The van der Waals surface area contributed by atoms with Gasteiger partial charge in [0.2, 0.25) is 0 Å². The predicted octanol–water partition coefficient (Wildman–Crippen LogP) is 4.26. The summed E-state index contributed by atoms with van der Waals surface area (Å²) in [5.74, 6) is 2.00. The Kier molecular flexibility index (Phi) is 1.87. The zero-order valence-electron chi connectivity index (χ0n) is 8.06. The summed E-state index contributed by atoms with van der Waals surface area (Å²) < 4.78 is 1.50. The van der Waals surface area contributed by atoms with E-state index in [2.05, 4.69) is 22.0 Å². The number of allylic oxidation sites excluding steroid dienone is 2. The Labute approximate surface area is 88.9 Å². The highest BCUT2D eigenvalue weighted by atomic mass is 79.9. The van der Waals surface area contributed by atoms with Gasteiger partial charge in [-0.25, -0.2) is 0 Å². The third kappa shape index (κ3) is 1.09. The lowest BCUT2D eigenvalue weighted by Crippen LogP contribution is -2.31. The highest BCUT2D eigenvalue weighted by Gasteiger charge is 2.52. The molecule has 72 valence electrons. The first-order chi connectivity index (χ1) is 6.31. The molecule has 0 nitrogen and oxygen atoms in total. The first-order valence-corrected chi connectivity index (χ1v) is 6.47. The van der Waals surface area contributed by atoms with Gasteiger partial charge in [0, 0.05) is 0 Å². The molecule has 0 unspecified atom stereocenters. The lowest BCUT2D eigenvalue weighted by molar-refractivity contribution is 0.111. The van der Waals surface area contributed by atoms with E-state index in [9.17, 15) is 0 Å². The maximum Gasteiger partial charge on any atom is -0.00804 e. The first kappa shape index (κ1) is 8.52. The molecule has 0 heterocycles. The highest BCUT2D eigenvalue weighted by molar-refractivity contribution is 9.11. The maximum atomic E-state index is 3.71. The van der Waals surface area contributed by atoms with E-state index in [1.807, 2.05) is 0 Å². The molecule has 2 fully saturated rings. The number of rotatable bonds is 0. The lowest BCUT2D eigenvalue weighted by atomic mass is 9.65. The standard InChI is InChI=1S/C12H17Br/c13-11-7-10-5-4-9-3-1-2-6-12(9,10)8-11/h7,9-10H,1-6,8H2/t9-,10-,12-/m0/s1. The minimum absolute atomic E-state index is 0.733. The Morgan fingerprint density at radius 1 is 1.23 bits per heavy atom. The second-order valence-electron chi connectivity index (χ2n) is 5.15. The van der Waals surface area contributed by atoms with E-state index in [1.165, 1.54) is 49.4 Å². The summed E-state index contributed by atoms with van der Waals surface area (Å²) in [7, 11) is 0. The molecule has 3 aliphatic carbocycles. The van der Waals surface area contributed by atoms with Crippen LogP contribution in [0.15, 0.2) is 10.6 Å². The van der Waals surface area contributed by atoms with Crippen LogP contribution in [0.5, 0.6) is 0 Å². The first-order valence-electron chi connectivity index (χ1n) is 5.67. The van der Waals surface area contributed by atoms with E-state index < -0.39 is 0 Å². The summed E-state index contributed by atoms with van der Waals surface area (Å²) in [4.78, 5) is 0. The van der Waals surface area contributed by atoms with Gasteiger partial charge in [0.05, 0.1) is 0 Å². The van der Waals surface area contributed by atoms with Crippen LogP contribution in [0.1, 0.15) is 44.9 Å². The second-order valence-corrected chi connectivity index (χ2v) is 6.17. The van der Waals surface area contributed by atoms with Crippen molar-refractivity contribution in [3.8, 4) is 0 Å². The van der Waals surface area contributed by atoms with Crippen molar-refractivity contribution in [1.82, 2.24) is 0 Å². The lowest BCUT2D eigenvalue weighted by Gasteiger charge is -2.40. The van der Waals surface area contributed by atoms with Gasteiger partial charge in [-0.05, 0) is 53.8 Å². The number of hydrogen-bond acceptors (Lipinski definition) is 0. The van der Waals surface area contributed by atoms with Crippen LogP contribution in [0, 0.1) is 17.3 Å². The van der Waals surface area contributed by atoms with Crippen molar-refractivity contribution >= 4 is 15.9 Å². The Morgan fingerprint density at radius 2 is 2.15 bits per heavy atom. The van der Waals surface area contributed by atoms with Gasteiger partial charge in [-0.2, -0.15) is 0 Å². The Bertz CT molecular complexity index is 256. The Balaban J connectivity index is 1.94. The largest absolute Gasteiger partial charge is 0.0707 e. The SMILES string of the molecule is BrC1=C[C@@H]2CC[C@@H]3CCCC[C@]32C1. The second kappa shape index (κ2) is 2.85. The minimum atomic E-state index is 0.733. The van der Waals surface area contributed by atoms with Crippen LogP contribution in [0.2, 0.25) is 0 Å². The Hall–Kier alpha value is 0.220. The van der Waals surface area contributed by atoms with Gasteiger partial charge in [0.25, 0.3) is 0 Å². The van der Waals surface area contributed by atoms with E-state index in [0.717, 1.165) is 17.3 Å². The normalized spacial score (nSPS) is 48.5. The molecule has 0 bridgehead atoms. The monoisotopic (exact) mass is 240 g/mol. The van der Waals surface area contributed by atoms with Crippen molar-refractivity contribution in [1.29, 1.82) is 0 Å². The molecule has 0 aromatic heterocycles. The molecule has 1 spiro atoms.